The molecule has 0 amide bonds. The van der Waals surface area contributed by atoms with Crippen LogP contribution in [0, 0.1) is 0 Å². The van der Waals surface area contributed by atoms with E-state index >= 15 is 0 Å². The van der Waals surface area contributed by atoms with Gasteiger partial charge in [0.2, 0.25) is 0 Å². The van der Waals surface area contributed by atoms with Crippen molar-refractivity contribution in [2.24, 2.45) is 0 Å². The van der Waals surface area contributed by atoms with Crippen LogP contribution in [0.4, 0.5) is 0 Å². The quantitative estimate of drug-likeness (QED) is 0.424. The second-order valence-electron chi connectivity index (χ2n) is 2.94. The molecule has 0 saturated carbocycles. The van der Waals surface area contributed by atoms with Gasteiger partial charge in [0.05, 0.1) is 0 Å². The van der Waals surface area contributed by atoms with Crippen molar-refractivity contribution in [1.29, 1.82) is 0 Å². The van der Waals surface area contributed by atoms with Crippen LogP contribution >= 0.6 is 0 Å². The molecule has 0 N–H and O–H groups in total. The molecule has 1 nitrogen and oxygen atoms in total. The van der Waals surface area contributed by atoms with Gasteiger partial charge in [-0.05, 0) is 26.2 Å². The topological polar surface area (TPSA) is 9.23 Å². The van der Waals surface area contributed by atoms with Crippen LogP contribution < -0.4 is 0 Å². The fourth-order valence-electron chi connectivity index (χ4n) is 0.981. The van der Waals surface area contributed by atoms with Crippen LogP contribution in [0.2, 0.25) is 0 Å². The van der Waals surface area contributed by atoms with Crippen molar-refractivity contribution >= 4 is 0 Å². The second-order valence-corrected chi connectivity index (χ2v) is 2.94. The third kappa shape index (κ3) is 7.60. The van der Waals surface area contributed by atoms with Gasteiger partial charge in [0.1, 0.15) is 0 Å². The summed E-state index contributed by atoms with van der Waals surface area (Å²) in [6.45, 7) is 5.28. The lowest BCUT2D eigenvalue weighted by atomic mass is 10.1. The lowest BCUT2D eigenvalue weighted by Gasteiger charge is -1.98. The van der Waals surface area contributed by atoms with E-state index < -0.39 is 0 Å². The zero-order valence-corrected chi connectivity index (χ0v) is 8.02. The van der Waals surface area contributed by atoms with Crippen LogP contribution in [-0.4, -0.2) is 13.7 Å². The highest BCUT2D eigenvalue weighted by Gasteiger charge is 1.88. The summed E-state index contributed by atoms with van der Waals surface area (Å²) in [6.07, 6.45) is 7.19. The first-order chi connectivity index (χ1) is 5.31. The molecule has 0 bridgehead atoms. The third-order valence-electron chi connectivity index (χ3n) is 1.74. The molecule has 0 fully saturated rings. The Morgan fingerprint density at radius 1 is 1.45 bits per heavy atom. The van der Waals surface area contributed by atoms with Crippen molar-refractivity contribution in [1.82, 2.24) is 0 Å². The first kappa shape index (κ1) is 10.7. The number of unbranched alkanes of at least 4 members (excludes halogenated alkanes) is 1. The van der Waals surface area contributed by atoms with E-state index in [1.807, 2.05) is 0 Å². The normalized spacial score (nSPS) is 12.1. The van der Waals surface area contributed by atoms with E-state index in [4.69, 9.17) is 4.74 Å². The van der Waals surface area contributed by atoms with Crippen molar-refractivity contribution in [3.05, 3.63) is 11.6 Å². The van der Waals surface area contributed by atoms with Gasteiger partial charge in [-0.3, -0.25) is 0 Å². The first-order valence-electron chi connectivity index (χ1n) is 4.45. The monoisotopic (exact) mass is 156 g/mol. The van der Waals surface area contributed by atoms with E-state index in [1.54, 1.807) is 7.11 Å². The Morgan fingerprint density at radius 2 is 2.18 bits per heavy atom. The largest absolute Gasteiger partial charge is 0.384 e. The fourth-order valence-corrected chi connectivity index (χ4v) is 0.981. The maximum atomic E-state index is 4.95. The van der Waals surface area contributed by atoms with Gasteiger partial charge in [0.15, 0.2) is 0 Å². The molecular weight excluding hydrogens is 136 g/mol. The summed E-state index contributed by atoms with van der Waals surface area (Å²) < 4.78 is 4.95. The maximum Gasteiger partial charge on any atom is 0.0496 e. The van der Waals surface area contributed by atoms with Crippen molar-refractivity contribution in [3.8, 4) is 0 Å². The third-order valence-corrected chi connectivity index (χ3v) is 1.74. The van der Waals surface area contributed by atoms with Crippen molar-refractivity contribution < 1.29 is 4.74 Å². The van der Waals surface area contributed by atoms with Crippen LogP contribution in [0.5, 0.6) is 0 Å². The Labute approximate surface area is 70.4 Å². The zero-order chi connectivity index (χ0) is 8.53. The average molecular weight is 156 g/mol. The van der Waals surface area contributed by atoms with Crippen molar-refractivity contribution in [2.75, 3.05) is 13.7 Å². The Kier molecular flexibility index (Phi) is 7.59. The summed E-state index contributed by atoms with van der Waals surface area (Å²) in [5.41, 5.74) is 1.50. The van der Waals surface area contributed by atoms with Gasteiger partial charge < -0.3 is 4.74 Å². The smallest absolute Gasteiger partial charge is 0.0496 e. The minimum atomic E-state index is 0.851. The van der Waals surface area contributed by atoms with E-state index in [0.717, 1.165) is 13.0 Å². The molecule has 0 rings (SSSR count). The SMILES string of the molecule is CCCCC(C)=CCCOC. The molecule has 0 aromatic carbocycles. The van der Waals surface area contributed by atoms with Crippen molar-refractivity contribution in [3.63, 3.8) is 0 Å². The van der Waals surface area contributed by atoms with E-state index in [9.17, 15) is 0 Å². The summed E-state index contributed by atoms with van der Waals surface area (Å²) in [5, 5.41) is 0. The van der Waals surface area contributed by atoms with E-state index in [0.29, 0.717) is 0 Å². The molecule has 0 aromatic rings. The molecule has 0 aromatic heterocycles. The minimum absolute atomic E-state index is 0.851. The Balaban J connectivity index is 3.30. The lowest BCUT2D eigenvalue weighted by Crippen LogP contribution is -1.86. The first-order valence-corrected chi connectivity index (χ1v) is 4.45. The molecule has 0 radical (unpaired) electrons. The van der Waals surface area contributed by atoms with Crippen LogP contribution in [0.1, 0.15) is 39.5 Å². The highest BCUT2D eigenvalue weighted by molar-refractivity contribution is 4.97. The molecule has 0 heterocycles. The molecule has 11 heavy (non-hydrogen) atoms. The van der Waals surface area contributed by atoms with Crippen LogP contribution in [0.25, 0.3) is 0 Å². The number of ether oxygens (including phenoxy) is 1. The predicted molar refractivity (Wildman–Crippen MR) is 49.8 cm³/mol. The highest BCUT2D eigenvalue weighted by Crippen LogP contribution is 2.06. The standard InChI is InChI=1S/C10H20O/c1-4-5-7-10(2)8-6-9-11-3/h8H,4-7,9H2,1-3H3. The van der Waals surface area contributed by atoms with Gasteiger partial charge in [-0.25, -0.2) is 0 Å². The molecule has 66 valence electrons. The molecular formula is C10H20O. The number of methoxy groups -OCH3 is 1. The minimum Gasteiger partial charge on any atom is -0.384 e. The summed E-state index contributed by atoms with van der Waals surface area (Å²) in [6, 6.07) is 0. The van der Waals surface area contributed by atoms with Crippen LogP contribution in [0.3, 0.4) is 0 Å². The molecule has 0 aliphatic heterocycles. The Bertz CT molecular complexity index is 105. The maximum absolute atomic E-state index is 4.95. The van der Waals surface area contributed by atoms with Gasteiger partial charge in [-0.15, -0.1) is 0 Å². The molecule has 1 heteroatoms. The number of allylic oxidation sites excluding steroid dienone is 1. The van der Waals surface area contributed by atoms with Crippen LogP contribution in [0.15, 0.2) is 11.6 Å². The molecule has 0 spiro atoms. The Morgan fingerprint density at radius 3 is 2.73 bits per heavy atom. The van der Waals surface area contributed by atoms with Gasteiger partial charge in [-0.2, -0.15) is 0 Å². The molecule has 0 aliphatic rings. The summed E-state index contributed by atoms with van der Waals surface area (Å²) in [5.74, 6) is 0. The van der Waals surface area contributed by atoms with E-state index in [-0.39, 0.29) is 0 Å². The van der Waals surface area contributed by atoms with E-state index in [2.05, 4.69) is 19.9 Å². The predicted octanol–water partition coefficient (Wildman–Crippen LogP) is 3.16. The van der Waals surface area contributed by atoms with Gasteiger partial charge >= 0.3 is 0 Å². The summed E-state index contributed by atoms with van der Waals surface area (Å²) in [4.78, 5) is 0. The highest BCUT2D eigenvalue weighted by atomic mass is 16.5. The van der Waals surface area contributed by atoms with Gasteiger partial charge in [-0.1, -0.05) is 25.0 Å². The van der Waals surface area contributed by atoms with Crippen molar-refractivity contribution in [2.45, 2.75) is 39.5 Å². The summed E-state index contributed by atoms with van der Waals surface area (Å²) >= 11 is 0. The molecule has 0 atom stereocenters. The van der Waals surface area contributed by atoms with Gasteiger partial charge in [0.25, 0.3) is 0 Å². The summed E-state index contributed by atoms with van der Waals surface area (Å²) in [7, 11) is 1.75. The Hall–Kier alpha value is -0.300. The fraction of sp³-hybridized carbons (Fsp3) is 0.800. The molecule has 0 aliphatic carbocycles. The number of hydrogen-bond donors (Lipinski definition) is 0. The van der Waals surface area contributed by atoms with E-state index in [1.165, 1.54) is 24.8 Å². The van der Waals surface area contributed by atoms with Crippen LogP contribution in [-0.2, 0) is 4.74 Å². The molecule has 0 unspecified atom stereocenters. The zero-order valence-electron chi connectivity index (χ0n) is 8.02. The van der Waals surface area contributed by atoms with Gasteiger partial charge in [0, 0.05) is 13.7 Å². The lowest BCUT2D eigenvalue weighted by molar-refractivity contribution is 0.204. The number of hydrogen-bond acceptors (Lipinski definition) is 1. The second kappa shape index (κ2) is 7.80. The molecule has 0 saturated heterocycles. The average Bonchev–Trinajstić information content (AvgIpc) is 2.01. The number of rotatable bonds is 6.